The Labute approximate surface area is 141 Å². The summed E-state index contributed by atoms with van der Waals surface area (Å²) in [6, 6.07) is 1.65. The zero-order chi connectivity index (χ0) is 18.8. The summed E-state index contributed by atoms with van der Waals surface area (Å²) in [5, 5.41) is 0. The van der Waals surface area contributed by atoms with Crippen molar-refractivity contribution >= 4 is 15.7 Å². The van der Waals surface area contributed by atoms with E-state index in [1.54, 1.807) is 0 Å². The van der Waals surface area contributed by atoms with E-state index >= 15 is 0 Å². The van der Waals surface area contributed by atoms with Gasteiger partial charge in [0.05, 0.1) is 11.5 Å². The Kier molecular flexibility index (Phi) is 5.10. The van der Waals surface area contributed by atoms with E-state index in [1.807, 2.05) is 0 Å². The average Bonchev–Trinajstić information content (AvgIpc) is 2.53. The van der Waals surface area contributed by atoms with Crippen molar-refractivity contribution < 1.29 is 26.0 Å². The lowest BCUT2D eigenvalue weighted by Crippen LogP contribution is -2.38. The van der Waals surface area contributed by atoms with Crippen molar-refractivity contribution in [2.75, 3.05) is 0 Å². The maximum Gasteiger partial charge on any atom is 0.408 e. The first-order chi connectivity index (χ1) is 11.5. The first kappa shape index (κ1) is 18.8. The number of pyridine rings is 1. The molecule has 0 aliphatic carbocycles. The van der Waals surface area contributed by atoms with Crippen molar-refractivity contribution in [1.82, 2.24) is 9.71 Å². The molecule has 1 atom stereocenters. The van der Waals surface area contributed by atoms with E-state index in [-0.39, 0.29) is 11.4 Å². The summed E-state index contributed by atoms with van der Waals surface area (Å²) < 4.78 is 78.8. The van der Waals surface area contributed by atoms with Gasteiger partial charge in [0, 0.05) is 11.9 Å². The van der Waals surface area contributed by atoms with Crippen molar-refractivity contribution in [2.45, 2.75) is 24.0 Å². The zero-order valence-corrected chi connectivity index (χ0v) is 13.5. The Hall–Kier alpha value is -2.51. The molecule has 1 aromatic heterocycles. The molecule has 0 spiro atoms. The lowest BCUT2D eigenvalue weighted by Gasteiger charge is -2.22. The molecule has 132 valence electrons. The number of hydrogen-bond acceptors (Lipinski definition) is 3. The van der Waals surface area contributed by atoms with Gasteiger partial charge >= 0.3 is 6.18 Å². The van der Waals surface area contributed by atoms with Crippen LogP contribution in [0.4, 0.5) is 23.2 Å². The molecule has 0 amide bonds. The van der Waals surface area contributed by atoms with Crippen molar-refractivity contribution in [3.8, 4) is 0 Å². The van der Waals surface area contributed by atoms with E-state index in [4.69, 9.17) is 6.57 Å². The van der Waals surface area contributed by atoms with Crippen LogP contribution in [0.1, 0.15) is 17.3 Å². The summed E-state index contributed by atoms with van der Waals surface area (Å²) in [5.41, 5.74) is -0.309. The quantitative estimate of drug-likeness (QED) is 0.657. The molecule has 0 radical (unpaired) electrons. The highest BCUT2D eigenvalue weighted by Crippen LogP contribution is 2.34. The SMILES string of the molecule is [C-]#[N+]c1cc(S(=O)(=O)NC(c2ccc(F)cc2)C(F)(F)F)cnc1C. The van der Waals surface area contributed by atoms with E-state index in [2.05, 4.69) is 9.83 Å². The van der Waals surface area contributed by atoms with E-state index in [9.17, 15) is 26.0 Å². The molecule has 0 bridgehead atoms. The van der Waals surface area contributed by atoms with Gasteiger partial charge in [0.15, 0.2) is 0 Å². The Morgan fingerprint density at radius 1 is 1.24 bits per heavy atom. The van der Waals surface area contributed by atoms with Crippen LogP contribution in [0, 0.1) is 19.3 Å². The molecule has 10 heteroatoms. The molecule has 2 aromatic rings. The average molecular weight is 373 g/mol. The monoisotopic (exact) mass is 373 g/mol. The molecule has 25 heavy (non-hydrogen) atoms. The van der Waals surface area contributed by atoms with Crippen LogP contribution in [0.5, 0.6) is 0 Å². The molecule has 0 aliphatic rings. The van der Waals surface area contributed by atoms with Gasteiger partial charge in [0.2, 0.25) is 15.7 Å². The smallest absolute Gasteiger partial charge is 0.272 e. The summed E-state index contributed by atoms with van der Waals surface area (Å²) in [4.78, 5) is 6.21. The minimum Gasteiger partial charge on any atom is -0.272 e. The van der Waals surface area contributed by atoms with Gasteiger partial charge in [-0.2, -0.15) is 17.9 Å². The van der Waals surface area contributed by atoms with Crippen LogP contribution >= 0.6 is 0 Å². The number of benzene rings is 1. The summed E-state index contributed by atoms with van der Waals surface area (Å²) >= 11 is 0. The first-order valence-corrected chi connectivity index (χ1v) is 8.21. The maximum atomic E-state index is 13.3. The number of aromatic nitrogens is 1. The Bertz CT molecular complexity index is 919. The lowest BCUT2D eigenvalue weighted by atomic mass is 10.1. The number of rotatable bonds is 4. The minimum atomic E-state index is -4.95. The summed E-state index contributed by atoms with van der Waals surface area (Å²) in [7, 11) is -4.62. The van der Waals surface area contributed by atoms with Crippen LogP contribution in [0.2, 0.25) is 0 Å². The molecule has 1 aromatic carbocycles. The molecule has 1 N–H and O–H groups in total. The maximum absolute atomic E-state index is 13.3. The first-order valence-electron chi connectivity index (χ1n) is 6.73. The van der Waals surface area contributed by atoms with E-state index < -0.39 is 38.5 Å². The number of nitrogens with zero attached hydrogens (tertiary/aromatic N) is 2. The third-order valence-corrected chi connectivity index (χ3v) is 4.66. The van der Waals surface area contributed by atoms with E-state index in [0.29, 0.717) is 0 Å². The Morgan fingerprint density at radius 2 is 1.84 bits per heavy atom. The van der Waals surface area contributed by atoms with Crippen LogP contribution in [-0.2, 0) is 10.0 Å². The second-order valence-corrected chi connectivity index (χ2v) is 6.75. The second kappa shape index (κ2) is 6.78. The normalized spacial score (nSPS) is 13.3. The number of alkyl halides is 3. The third-order valence-electron chi connectivity index (χ3n) is 3.27. The van der Waals surface area contributed by atoms with Gasteiger partial charge in [0.1, 0.15) is 11.9 Å². The predicted octanol–water partition coefficient (Wildman–Crippen LogP) is 3.66. The number of hydrogen-bond donors (Lipinski definition) is 1. The van der Waals surface area contributed by atoms with E-state index in [0.717, 1.165) is 36.5 Å². The zero-order valence-electron chi connectivity index (χ0n) is 12.7. The second-order valence-electron chi connectivity index (χ2n) is 5.03. The Morgan fingerprint density at radius 3 is 2.36 bits per heavy atom. The fraction of sp³-hybridized carbons (Fsp3) is 0.200. The molecule has 2 rings (SSSR count). The standard InChI is InChI=1S/C15H11F4N3O2S/c1-9-13(20-2)7-12(8-21-9)25(23,24)22-14(15(17,18)19)10-3-5-11(16)6-4-10/h3-8,14,22H,1H3. The highest BCUT2D eigenvalue weighted by atomic mass is 32.2. The van der Waals surface area contributed by atoms with Crippen LogP contribution < -0.4 is 4.72 Å². The molecule has 1 heterocycles. The molecule has 0 aliphatic heterocycles. The third kappa shape index (κ3) is 4.32. The highest BCUT2D eigenvalue weighted by molar-refractivity contribution is 7.89. The van der Waals surface area contributed by atoms with Crippen molar-refractivity contribution in [3.63, 3.8) is 0 Å². The van der Waals surface area contributed by atoms with Gasteiger partial charge < -0.3 is 0 Å². The number of nitrogens with one attached hydrogen (secondary N) is 1. The lowest BCUT2D eigenvalue weighted by molar-refractivity contribution is -0.153. The summed E-state index contributed by atoms with van der Waals surface area (Å²) in [6.07, 6.45) is -4.09. The summed E-state index contributed by atoms with van der Waals surface area (Å²) in [5.74, 6) is -0.753. The fourth-order valence-corrected chi connectivity index (χ4v) is 3.14. The fourth-order valence-electron chi connectivity index (χ4n) is 1.97. The highest BCUT2D eigenvalue weighted by Gasteiger charge is 2.43. The topological polar surface area (TPSA) is 63.4 Å². The molecule has 0 saturated heterocycles. The molecular formula is C15H11F4N3O2S. The Balaban J connectivity index is 2.44. The molecule has 5 nitrogen and oxygen atoms in total. The molecular weight excluding hydrogens is 362 g/mol. The molecule has 1 unspecified atom stereocenters. The van der Waals surface area contributed by atoms with Crippen LogP contribution in [0.25, 0.3) is 4.85 Å². The van der Waals surface area contributed by atoms with Gasteiger partial charge in [0.25, 0.3) is 0 Å². The van der Waals surface area contributed by atoms with Gasteiger partial charge in [-0.3, -0.25) is 4.98 Å². The minimum absolute atomic E-state index is 0.0896. The van der Waals surface area contributed by atoms with Gasteiger partial charge in [-0.05, 0) is 30.7 Å². The van der Waals surface area contributed by atoms with Crippen LogP contribution in [0.3, 0.4) is 0 Å². The van der Waals surface area contributed by atoms with Gasteiger partial charge in [-0.15, -0.1) is 0 Å². The predicted molar refractivity (Wildman–Crippen MR) is 80.8 cm³/mol. The van der Waals surface area contributed by atoms with E-state index in [1.165, 1.54) is 11.6 Å². The largest absolute Gasteiger partial charge is 0.408 e. The molecule has 0 fully saturated rings. The van der Waals surface area contributed by atoms with Crippen LogP contribution in [-0.4, -0.2) is 19.6 Å². The van der Waals surface area contributed by atoms with Crippen molar-refractivity contribution in [1.29, 1.82) is 0 Å². The van der Waals surface area contributed by atoms with Crippen molar-refractivity contribution in [3.05, 3.63) is 65.0 Å². The number of aryl methyl sites for hydroxylation is 1. The summed E-state index contributed by atoms with van der Waals surface area (Å²) in [6.45, 7) is 8.40. The van der Waals surface area contributed by atoms with Gasteiger partial charge in [-0.25, -0.2) is 17.7 Å². The van der Waals surface area contributed by atoms with Crippen LogP contribution in [0.15, 0.2) is 41.4 Å². The number of sulfonamides is 1. The molecule has 0 saturated carbocycles. The van der Waals surface area contributed by atoms with Crippen molar-refractivity contribution in [2.24, 2.45) is 0 Å². The van der Waals surface area contributed by atoms with Gasteiger partial charge in [-0.1, -0.05) is 12.1 Å². The number of halogens is 4.